The summed E-state index contributed by atoms with van der Waals surface area (Å²) in [6, 6.07) is 8.62. The minimum absolute atomic E-state index is 0.304. The van der Waals surface area contributed by atoms with Gasteiger partial charge in [0.05, 0.1) is 12.3 Å². The van der Waals surface area contributed by atoms with E-state index in [9.17, 15) is 4.79 Å². The van der Waals surface area contributed by atoms with Crippen LogP contribution in [0.4, 0.5) is 0 Å². The van der Waals surface area contributed by atoms with Crippen LogP contribution >= 0.6 is 15.9 Å². The molecule has 1 aromatic carbocycles. The molecule has 6 nitrogen and oxygen atoms in total. The molecule has 1 saturated heterocycles. The molecule has 0 amide bonds. The zero-order chi connectivity index (χ0) is 20.9. The van der Waals surface area contributed by atoms with Crippen molar-refractivity contribution in [3.8, 4) is 17.1 Å². The molecule has 2 heterocycles. The van der Waals surface area contributed by atoms with Gasteiger partial charge in [0.1, 0.15) is 4.47 Å². The van der Waals surface area contributed by atoms with Crippen molar-refractivity contribution >= 4 is 21.9 Å². The highest BCUT2D eigenvalue weighted by Gasteiger charge is 2.24. The molecule has 0 radical (unpaired) electrons. The van der Waals surface area contributed by atoms with Crippen molar-refractivity contribution in [2.24, 2.45) is 11.8 Å². The normalized spacial score (nSPS) is 22.7. The number of carbonyl (C=O) groups is 1. The average molecular weight is 477 g/mol. The fraction of sp³-hybridized carbons (Fsp3) is 0.565. The third kappa shape index (κ3) is 5.24. The van der Waals surface area contributed by atoms with Crippen LogP contribution in [0.5, 0.6) is 5.88 Å². The number of carboxylic acids is 1. The van der Waals surface area contributed by atoms with Crippen molar-refractivity contribution < 1.29 is 19.4 Å². The molecule has 4 rings (SSSR count). The SMILES string of the molecule is O=C(O)CC1CCC(c2ccc(-c3[nH]nc(OCC4CCOCC4)c3Br)cc2)CC1. The van der Waals surface area contributed by atoms with E-state index in [1.807, 2.05) is 0 Å². The topological polar surface area (TPSA) is 84.4 Å². The Morgan fingerprint density at radius 3 is 2.47 bits per heavy atom. The van der Waals surface area contributed by atoms with E-state index in [1.165, 1.54) is 5.56 Å². The summed E-state index contributed by atoms with van der Waals surface area (Å²) in [5.41, 5.74) is 3.33. The molecule has 30 heavy (non-hydrogen) atoms. The molecule has 1 saturated carbocycles. The van der Waals surface area contributed by atoms with Gasteiger partial charge in [-0.2, -0.15) is 0 Å². The molecule has 2 aliphatic rings. The largest absolute Gasteiger partial charge is 0.481 e. The minimum atomic E-state index is -0.677. The molecular weight excluding hydrogens is 448 g/mol. The number of benzene rings is 1. The summed E-state index contributed by atoms with van der Waals surface area (Å²) in [5.74, 6) is 1.31. The predicted octanol–water partition coefficient (Wildman–Crippen LogP) is 5.39. The second-order valence-corrected chi connectivity index (χ2v) is 9.32. The molecular formula is C23H29BrN2O4. The van der Waals surface area contributed by atoms with E-state index in [0.29, 0.717) is 36.7 Å². The van der Waals surface area contributed by atoms with Gasteiger partial charge in [0.2, 0.25) is 5.88 Å². The van der Waals surface area contributed by atoms with Crippen LogP contribution in [0.25, 0.3) is 11.3 Å². The third-order valence-corrected chi connectivity index (χ3v) is 7.19. The Labute approximate surface area is 185 Å². The van der Waals surface area contributed by atoms with Crippen molar-refractivity contribution in [1.82, 2.24) is 10.2 Å². The zero-order valence-corrected chi connectivity index (χ0v) is 18.7. The molecule has 0 atom stereocenters. The smallest absolute Gasteiger partial charge is 0.303 e. The monoisotopic (exact) mass is 476 g/mol. The van der Waals surface area contributed by atoms with Crippen molar-refractivity contribution in [3.05, 3.63) is 34.3 Å². The van der Waals surface area contributed by atoms with E-state index in [-0.39, 0.29) is 0 Å². The Bertz CT molecular complexity index is 837. The predicted molar refractivity (Wildman–Crippen MR) is 118 cm³/mol. The van der Waals surface area contributed by atoms with Crippen LogP contribution in [0.1, 0.15) is 56.4 Å². The highest BCUT2D eigenvalue weighted by atomic mass is 79.9. The van der Waals surface area contributed by atoms with E-state index in [2.05, 4.69) is 50.4 Å². The maximum Gasteiger partial charge on any atom is 0.303 e. The summed E-state index contributed by atoms with van der Waals surface area (Å²) in [7, 11) is 0. The maximum atomic E-state index is 10.9. The quantitative estimate of drug-likeness (QED) is 0.559. The Morgan fingerprint density at radius 2 is 1.80 bits per heavy atom. The Hall–Kier alpha value is -1.86. The number of aromatic amines is 1. The average Bonchev–Trinajstić information content (AvgIpc) is 3.13. The second-order valence-electron chi connectivity index (χ2n) is 8.52. The summed E-state index contributed by atoms with van der Waals surface area (Å²) in [6.07, 6.45) is 6.50. The zero-order valence-electron chi connectivity index (χ0n) is 17.1. The van der Waals surface area contributed by atoms with Crippen molar-refractivity contribution in [3.63, 3.8) is 0 Å². The summed E-state index contributed by atoms with van der Waals surface area (Å²) < 4.78 is 12.2. The molecule has 2 aromatic rings. The fourth-order valence-corrected chi connectivity index (χ4v) is 5.10. The maximum absolute atomic E-state index is 10.9. The fourth-order valence-electron chi connectivity index (χ4n) is 4.58. The van der Waals surface area contributed by atoms with E-state index in [0.717, 1.165) is 67.5 Å². The highest BCUT2D eigenvalue weighted by Crippen LogP contribution is 2.39. The molecule has 162 valence electrons. The molecule has 0 spiro atoms. The van der Waals surface area contributed by atoms with Gasteiger partial charge in [0.25, 0.3) is 0 Å². The Kier molecular flexibility index (Phi) is 7.10. The second kappa shape index (κ2) is 9.96. The molecule has 1 aliphatic heterocycles. The van der Waals surface area contributed by atoms with Gasteiger partial charge in [-0.05, 0) is 77.8 Å². The van der Waals surface area contributed by atoms with Crippen molar-refractivity contribution in [1.29, 1.82) is 0 Å². The Balaban J connectivity index is 1.35. The van der Waals surface area contributed by atoms with Gasteiger partial charge in [0.15, 0.2) is 0 Å². The number of hydrogen-bond acceptors (Lipinski definition) is 4. The number of halogens is 1. The number of ether oxygens (including phenoxy) is 2. The van der Waals surface area contributed by atoms with Crippen LogP contribution in [-0.4, -0.2) is 41.1 Å². The van der Waals surface area contributed by atoms with Crippen LogP contribution in [0.3, 0.4) is 0 Å². The van der Waals surface area contributed by atoms with E-state index < -0.39 is 5.97 Å². The first-order valence-corrected chi connectivity index (χ1v) is 11.7. The van der Waals surface area contributed by atoms with Gasteiger partial charge in [-0.25, -0.2) is 0 Å². The van der Waals surface area contributed by atoms with E-state index in [4.69, 9.17) is 14.6 Å². The standard InChI is InChI=1S/C23H29BrN2O4/c24-21-22(25-26-23(21)30-14-16-9-11-29-12-10-16)19-7-5-18(6-8-19)17-3-1-15(2-4-17)13-20(27)28/h5-8,15-17H,1-4,9-14H2,(H,25,26)(H,27,28). The van der Waals surface area contributed by atoms with Crippen LogP contribution in [0.15, 0.2) is 28.7 Å². The molecule has 1 aliphatic carbocycles. The number of nitrogens with zero attached hydrogens (tertiary/aromatic N) is 1. The molecule has 0 unspecified atom stereocenters. The number of rotatable bonds is 7. The molecule has 1 aromatic heterocycles. The van der Waals surface area contributed by atoms with Gasteiger partial charge in [0, 0.05) is 25.2 Å². The van der Waals surface area contributed by atoms with Gasteiger partial charge in [-0.1, -0.05) is 24.3 Å². The lowest BCUT2D eigenvalue weighted by atomic mass is 9.77. The lowest BCUT2D eigenvalue weighted by Crippen LogP contribution is -2.21. The van der Waals surface area contributed by atoms with Gasteiger partial charge >= 0.3 is 5.97 Å². The van der Waals surface area contributed by atoms with Gasteiger partial charge < -0.3 is 14.6 Å². The minimum Gasteiger partial charge on any atom is -0.481 e. The summed E-state index contributed by atoms with van der Waals surface area (Å²) in [6.45, 7) is 2.29. The summed E-state index contributed by atoms with van der Waals surface area (Å²) in [4.78, 5) is 10.9. The lowest BCUT2D eigenvalue weighted by Gasteiger charge is -2.28. The number of H-pyrrole nitrogens is 1. The van der Waals surface area contributed by atoms with Crippen LogP contribution in [-0.2, 0) is 9.53 Å². The summed E-state index contributed by atoms with van der Waals surface area (Å²) in [5, 5.41) is 16.4. The number of nitrogens with one attached hydrogen (secondary N) is 1. The molecule has 2 fully saturated rings. The van der Waals surface area contributed by atoms with Crippen LogP contribution < -0.4 is 4.74 Å². The number of hydrogen-bond donors (Lipinski definition) is 2. The first-order valence-electron chi connectivity index (χ1n) is 10.9. The van der Waals surface area contributed by atoms with Crippen LogP contribution in [0, 0.1) is 11.8 Å². The number of aliphatic carboxylic acids is 1. The van der Waals surface area contributed by atoms with Crippen LogP contribution in [0.2, 0.25) is 0 Å². The molecule has 0 bridgehead atoms. The lowest BCUT2D eigenvalue weighted by molar-refractivity contribution is -0.138. The highest BCUT2D eigenvalue weighted by molar-refractivity contribution is 9.10. The molecule has 2 N–H and O–H groups in total. The van der Waals surface area contributed by atoms with Gasteiger partial charge in [-0.15, -0.1) is 5.10 Å². The molecule has 7 heteroatoms. The first kappa shape index (κ1) is 21.4. The first-order chi connectivity index (χ1) is 14.6. The van der Waals surface area contributed by atoms with Crippen molar-refractivity contribution in [2.45, 2.75) is 50.9 Å². The Morgan fingerprint density at radius 1 is 1.10 bits per heavy atom. The van der Waals surface area contributed by atoms with E-state index in [1.54, 1.807) is 0 Å². The van der Waals surface area contributed by atoms with Gasteiger partial charge in [-0.3, -0.25) is 9.89 Å². The third-order valence-electron chi connectivity index (χ3n) is 6.45. The number of aromatic nitrogens is 2. The van der Waals surface area contributed by atoms with E-state index >= 15 is 0 Å². The van der Waals surface area contributed by atoms with Crippen molar-refractivity contribution in [2.75, 3.05) is 19.8 Å². The number of carboxylic acid groups (broad SMARTS) is 1. The summed E-state index contributed by atoms with van der Waals surface area (Å²) >= 11 is 3.64.